The fourth-order valence-electron chi connectivity index (χ4n) is 2.55. The first-order chi connectivity index (χ1) is 13.3. The summed E-state index contributed by atoms with van der Waals surface area (Å²) in [6, 6.07) is 8.48. The molecular weight excluding hydrogens is 446 g/mol. The predicted octanol–water partition coefficient (Wildman–Crippen LogP) is 5.69. The van der Waals surface area contributed by atoms with Crippen LogP contribution in [0.2, 0.25) is 5.02 Å². The molecule has 0 aliphatic rings. The molecule has 0 fully saturated rings. The van der Waals surface area contributed by atoms with E-state index in [1.807, 2.05) is 19.9 Å². The SMILES string of the molecule is CCOC(=O)c1ccc(NC(=O)CCCOc2cc(C)c(Cl)c(C)c2Br)cc1. The Kier molecular flexibility index (Phi) is 8.33. The van der Waals surface area contributed by atoms with Crippen molar-refractivity contribution in [3.63, 3.8) is 0 Å². The Labute approximate surface area is 178 Å². The third-order valence-corrected chi connectivity index (χ3v) is 5.62. The highest BCUT2D eigenvalue weighted by Gasteiger charge is 2.11. The van der Waals surface area contributed by atoms with Crippen LogP contribution in [-0.2, 0) is 9.53 Å². The van der Waals surface area contributed by atoms with Gasteiger partial charge in [-0.1, -0.05) is 11.6 Å². The first-order valence-electron chi connectivity index (χ1n) is 8.98. The number of halogens is 2. The van der Waals surface area contributed by atoms with Crippen molar-refractivity contribution in [2.45, 2.75) is 33.6 Å². The molecule has 2 aromatic rings. The highest BCUT2D eigenvalue weighted by molar-refractivity contribution is 9.10. The van der Waals surface area contributed by atoms with E-state index < -0.39 is 0 Å². The van der Waals surface area contributed by atoms with Crippen LogP contribution in [0.4, 0.5) is 5.69 Å². The smallest absolute Gasteiger partial charge is 0.338 e. The zero-order valence-electron chi connectivity index (χ0n) is 16.1. The van der Waals surface area contributed by atoms with E-state index in [0.717, 1.165) is 21.3 Å². The van der Waals surface area contributed by atoms with Gasteiger partial charge in [0.25, 0.3) is 0 Å². The normalized spacial score (nSPS) is 10.5. The summed E-state index contributed by atoms with van der Waals surface area (Å²) in [6.07, 6.45) is 0.892. The summed E-state index contributed by atoms with van der Waals surface area (Å²) < 4.78 is 11.5. The fraction of sp³-hybridized carbons (Fsp3) is 0.333. The molecule has 1 amide bonds. The average molecular weight is 469 g/mol. The van der Waals surface area contributed by atoms with E-state index in [1.165, 1.54) is 0 Å². The van der Waals surface area contributed by atoms with Gasteiger partial charge in [-0.15, -0.1) is 0 Å². The second kappa shape index (κ2) is 10.5. The van der Waals surface area contributed by atoms with Crippen molar-refractivity contribution in [2.75, 3.05) is 18.5 Å². The molecule has 0 unspecified atom stereocenters. The largest absolute Gasteiger partial charge is 0.492 e. The van der Waals surface area contributed by atoms with Crippen LogP contribution in [0.3, 0.4) is 0 Å². The summed E-state index contributed by atoms with van der Waals surface area (Å²) >= 11 is 9.71. The minimum atomic E-state index is -0.378. The Morgan fingerprint density at radius 3 is 2.50 bits per heavy atom. The molecule has 0 aromatic heterocycles. The molecule has 2 aromatic carbocycles. The Bertz CT molecular complexity index is 852. The molecule has 0 spiro atoms. The van der Waals surface area contributed by atoms with Crippen LogP contribution in [0.15, 0.2) is 34.8 Å². The molecule has 150 valence electrons. The number of carbonyl (C=O) groups is 2. The van der Waals surface area contributed by atoms with Crippen molar-refractivity contribution in [3.8, 4) is 5.75 Å². The summed E-state index contributed by atoms with van der Waals surface area (Å²) in [5, 5.41) is 3.52. The van der Waals surface area contributed by atoms with E-state index in [0.29, 0.717) is 42.3 Å². The predicted molar refractivity (Wildman–Crippen MR) is 114 cm³/mol. The minimum Gasteiger partial charge on any atom is -0.492 e. The molecule has 0 saturated heterocycles. The monoisotopic (exact) mass is 467 g/mol. The number of carbonyl (C=O) groups excluding carboxylic acids is 2. The Hall–Kier alpha value is -2.05. The van der Waals surface area contributed by atoms with E-state index in [2.05, 4.69) is 21.2 Å². The molecule has 0 bridgehead atoms. The maximum Gasteiger partial charge on any atom is 0.338 e. The van der Waals surface area contributed by atoms with Gasteiger partial charge in [-0.2, -0.15) is 0 Å². The number of aryl methyl sites for hydroxylation is 1. The van der Waals surface area contributed by atoms with Gasteiger partial charge in [0.1, 0.15) is 5.75 Å². The minimum absolute atomic E-state index is 0.116. The summed E-state index contributed by atoms with van der Waals surface area (Å²) in [4.78, 5) is 23.7. The first kappa shape index (κ1) is 22.2. The quantitative estimate of drug-likeness (QED) is 0.399. The van der Waals surface area contributed by atoms with Gasteiger partial charge in [0, 0.05) is 17.1 Å². The van der Waals surface area contributed by atoms with Crippen molar-refractivity contribution in [1.82, 2.24) is 0 Å². The zero-order valence-corrected chi connectivity index (χ0v) is 18.4. The maximum absolute atomic E-state index is 12.1. The average Bonchev–Trinajstić information content (AvgIpc) is 2.68. The number of rotatable bonds is 8. The molecule has 5 nitrogen and oxygen atoms in total. The molecule has 0 atom stereocenters. The lowest BCUT2D eigenvalue weighted by molar-refractivity contribution is -0.116. The van der Waals surface area contributed by atoms with Gasteiger partial charge in [0.15, 0.2) is 0 Å². The number of hydrogen-bond acceptors (Lipinski definition) is 4. The van der Waals surface area contributed by atoms with Gasteiger partial charge >= 0.3 is 5.97 Å². The van der Waals surface area contributed by atoms with E-state index in [-0.39, 0.29) is 11.9 Å². The number of esters is 1. The molecule has 0 radical (unpaired) electrons. The Morgan fingerprint density at radius 1 is 1.18 bits per heavy atom. The van der Waals surface area contributed by atoms with Crippen molar-refractivity contribution >= 4 is 45.1 Å². The van der Waals surface area contributed by atoms with E-state index in [4.69, 9.17) is 21.1 Å². The molecule has 0 heterocycles. The van der Waals surface area contributed by atoms with Gasteiger partial charge in [0.05, 0.1) is 23.2 Å². The van der Waals surface area contributed by atoms with Crippen molar-refractivity contribution in [1.29, 1.82) is 0 Å². The highest BCUT2D eigenvalue weighted by Crippen LogP contribution is 2.35. The standard InChI is InChI=1S/C21H23BrClNO4/c1-4-27-21(26)15-7-9-16(10-8-15)24-18(25)6-5-11-28-17-12-13(2)20(23)14(3)19(17)22/h7-10,12H,4-6,11H2,1-3H3,(H,24,25). The second-order valence-corrected chi connectivity index (χ2v) is 7.41. The van der Waals surface area contributed by atoms with Gasteiger partial charge < -0.3 is 14.8 Å². The first-order valence-corrected chi connectivity index (χ1v) is 10.2. The van der Waals surface area contributed by atoms with Crippen LogP contribution in [-0.4, -0.2) is 25.1 Å². The third kappa shape index (κ3) is 5.97. The van der Waals surface area contributed by atoms with Crippen LogP contribution in [0.1, 0.15) is 41.3 Å². The van der Waals surface area contributed by atoms with Gasteiger partial charge in [-0.05, 0) is 84.6 Å². The third-order valence-electron chi connectivity index (χ3n) is 4.05. The van der Waals surface area contributed by atoms with Crippen molar-refractivity contribution < 1.29 is 19.1 Å². The van der Waals surface area contributed by atoms with Crippen molar-refractivity contribution in [2.24, 2.45) is 0 Å². The summed E-state index contributed by atoms with van der Waals surface area (Å²) in [6.45, 7) is 6.34. The number of anilines is 1. The molecular formula is C21H23BrClNO4. The highest BCUT2D eigenvalue weighted by atomic mass is 79.9. The molecule has 0 aliphatic carbocycles. The topological polar surface area (TPSA) is 64.6 Å². The fourth-order valence-corrected chi connectivity index (χ4v) is 3.24. The molecule has 0 aliphatic heterocycles. The van der Waals surface area contributed by atoms with Crippen LogP contribution >= 0.6 is 27.5 Å². The summed E-state index contributed by atoms with van der Waals surface area (Å²) in [5.41, 5.74) is 2.96. The molecule has 2 rings (SSSR count). The van der Waals surface area contributed by atoms with Gasteiger partial charge in [0.2, 0.25) is 5.91 Å². The van der Waals surface area contributed by atoms with Crippen LogP contribution in [0.25, 0.3) is 0 Å². The number of nitrogens with one attached hydrogen (secondary N) is 1. The van der Waals surface area contributed by atoms with Crippen LogP contribution in [0, 0.1) is 13.8 Å². The van der Waals surface area contributed by atoms with Gasteiger partial charge in [-0.3, -0.25) is 4.79 Å². The number of benzene rings is 2. The number of hydrogen-bond donors (Lipinski definition) is 1. The lowest BCUT2D eigenvalue weighted by atomic mass is 10.1. The summed E-state index contributed by atoms with van der Waals surface area (Å²) in [7, 11) is 0. The van der Waals surface area contributed by atoms with Crippen LogP contribution in [0.5, 0.6) is 5.75 Å². The van der Waals surface area contributed by atoms with Gasteiger partial charge in [-0.25, -0.2) is 4.79 Å². The Morgan fingerprint density at radius 2 is 1.86 bits per heavy atom. The van der Waals surface area contributed by atoms with Crippen molar-refractivity contribution in [3.05, 3.63) is 56.5 Å². The Balaban J connectivity index is 1.80. The second-order valence-electron chi connectivity index (χ2n) is 6.24. The van der Waals surface area contributed by atoms with Crippen LogP contribution < -0.4 is 10.1 Å². The lowest BCUT2D eigenvalue weighted by Crippen LogP contribution is -2.13. The lowest BCUT2D eigenvalue weighted by Gasteiger charge is -2.13. The molecule has 0 saturated carbocycles. The maximum atomic E-state index is 12.1. The van der Waals surface area contributed by atoms with E-state index in [1.54, 1.807) is 31.2 Å². The van der Waals surface area contributed by atoms with E-state index in [9.17, 15) is 9.59 Å². The van der Waals surface area contributed by atoms with E-state index >= 15 is 0 Å². The zero-order chi connectivity index (χ0) is 20.7. The summed E-state index contributed by atoms with van der Waals surface area (Å²) in [5.74, 6) is 0.223. The molecule has 1 N–H and O–H groups in total. The number of ether oxygens (including phenoxy) is 2. The molecule has 7 heteroatoms. The number of amides is 1. The molecule has 28 heavy (non-hydrogen) atoms.